The zero-order valence-electron chi connectivity index (χ0n) is 27.8. The fourth-order valence-corrected chi connectivity index (χ4v) is 4.06. The van der Waals surface area contributed by atoms with E-state index in [4.69, 9.17) is 4.79 Å². The van der Waals surface area contributed by atoms with E-state index in [2.05, 4.69) is 42.8 Å². The Morgan fingerprint density at radius 1 is 0.936 bits per heavy atom. The fraction of sp³-hybridized carbons (Fsp3) is 0.361. The van der Waals surface area contributed by atoms with E-state index < -0.39 is 29.7 Å². The summed E-state index contributed by atoms with van der Waals surface area (Å²) in [4.78, 5) is 48.0. The highest BCUT2D eigenvalue weighted by molar-refractivity contribution is 5.95. The maximum absolute atomic E-state index is 13.0. The molecule has 0 spiro atoms. The maximum Gasteiger partial charge on any atom is 0.251 e. The molecule has 0 radical (unpaired) electrons. The second kappa shape index (κ2) is 21.6. The van der Waals surface area contributed by atoms with E-state index >= 15 is 0 Å². The number of nitrogens with one attached hydrogen (secondary N) is 3. The molecule has 47 heavy (non-hydrogen) atoms. The van der Waals surface area contributed by atoms with Gasteiger partial charge in [0.15, 0.2) is 0 Å². The minimum absolute atomic E-state index is 0.0157. The van der Waals surface area contributed by atoms with Crippen molar-refractivity contribution in [1.82, 2.24) is 15.5 Å². The van der Waals surface area contributed by atoms with Gasteiger partial charge in [-0.25, -0.2) is 8.78 Å². The average Bonchev–Trinajstić information content (AvgIpc) is 3.49. The van der Waals surface area contributed by atoms with Crippen LogP contribution in [0.25, 0.3) is 0 Å². The first-order chi connectivity index (χ1) is 22.3. The summed E-state index contributed by atoms with van der Waals surface area (Å²) in [6, 6.07) is 21.4. The Morgan fingerprint density at radius 2 is 1.45 bits per heavy atom. The van der Waals surface area contributed by atoms with Crippen LogP contribution in [0.4, 0.5) is 14.5 Å². The van der Waals surface area contributed by atoms with Gasteiger partial charge in [-0.3, -0.25) is 19.2 Å². The molecule has 4 amide bonds. The Kier molecular flexibility index (Phi) is 18.3. The number of halogens is 2. The summed E-state index contributed by atoms with van der Waals surface area (Å²) in [6.45, 7) is 10.3. The van der Waals surface area contributed by atoms with Gasteiger partial charge >= 0.3 is 0 Å². The minimum Gasteiger partial charge on any atom is -0.362 e. The maximum atomic E-state index is 13.0. The summed E-state index contributed by atoms with van der Waals surface area (Å²) in [5.41, 5.74) is 2.03. The van der Waals surface area contributed by atoms with E-state index in [0.29, 0.717) is 12.1 Å². The normalized spacial score (nSPS) is 15.1. The number of benzene rings is 3. The molecule has 4 rings (SSSR count). The summed E-state index contributed by atoms with van der Waals surface area (Å²) in [5.74, 6) is -1.23. The van der Waals surface area contributed by atoms with Crippen molar-refractivity contribution < 1.29 is 28.0 Å². The molecule has 0 saturated carbocycles. The highest BCUT2D eigenvalue weighted by atomic mass is 19.1. The van der Waals surface area contributed by atoms with Crippen LogP contribution in [0, 0.1) is 41.7 Å². The standard InChI is InChI=1S/C23H23FN4O3.C7H7F.C4H10.C2H5NO/c1-15(26-22(30)16-7-9-18(24)10-8-16)11-21(29)28-14-17(12-20(28)13-25)23(31)27-19-5-3-2-4-6-19;1-6-2-4-7(8)5-3-6;1-4(2)3;1-3-2-4/h2-10,15,17,20H,11-12,14H2,1H3,(H,26,30)(H,27,31);2-5H,1H3;4H,1-3H3;2H,1H3,(H,3,4). The first-order valence-corrected chi connectivity index (χ1v) is 15.3. The van der Waals surface area contributed by atoms with Crippen molar-refractivity contribution in [3.63, 3.8) is 0 Å². The van der Waals surface area contributed by atoms with Gasteiger partial charge in [-0.2, -0.15) is 5.26 Å². The van der Waals surface area contributed by atoms with Crippen LogP contribution in [0.15, 0.2) is 78.9 Å². The van der Waals surface area contributed by atoms with E-state index in [-0.39, 0.29) is 42.6 Å². The van der Waals surface area contributed by atoms with Gasteiger partial charge < -0.3 is 20.9 Å². The number of hydrogen-bond acceptors (Lipinski definition) is 5. The highest BCUT2D eigenvalue weighted by Crippen LogP contribution is 2.25. The molecule has 1 saturated heterocycles. The van der Waals surface area contributed by atoms with Crippen LogP contribution in [0.5, 0.6) is 0 Å². The Bertz CT molecular complexity index is 1400. The molecule has 3 aromatic carbocycles. The number of aryl methyl sites for hydroxylation is 1. The van der Waals surface area contributed by atoms with Crippen molar-refractivity contribution in [3.8, 4) is 6.07 Å². The Morgan fingerprint density at radius 3 is 1.91 bits per heavy atom. The van der Waals surface area contributed by atoms with Crippen LogP contribution in [0.2, 0.25) is 0 Å². The van der Waals surface area contributed by atoms with Gasteiger partial charge in [0, 0.05) is 37.3 Å². The van der Waals surface area contributed by atoms with Gasteiger partial charge in [0.1, 0.15) is 17.7 Å². The lowest BCUT2D eigenvalue weighted by Gasteiger charge is -2.22. The van der Waals surface area contributed by atoms with Crippen molar-refractivity contribution in [2.45, 2.75) is 59.5 Å². The second-order valence-corrected chi connectivity index (χ2v) is 11.5. The number of hydrogen-bond donors (Lipinski definition) is 3. The smallest absolute Gasteiger partial charge is 0.251 e. The topological polar surface area (TPSA) is 131 Å². The SMILES string of the molecule is CC(C)C.CC(CC(=O)N1CC(C(=O)Nc2ccccc2)CC1C#N)NC(=O)c1ccc(F)cc1.CNC=O.Cc1ccc(F)cc1. The third-order valence-corrected chi connectivity index (χ3v) is 6.28. The van der Waals surface area contributed by atoms with Gasteiger partial charge in [-0.05, 0) is 74.7 Å². The van der Waals surface area contributed by atoms with E-state index in [0.717, 1.165) is 11.5 Å². The van der Waals surface area contributed by atoms with Crippen LogP contribution in [-0.2, 0) is 14.4 Å². The van der Waals surface area contributed by atoms with Gasteiger partial charge in [0.25, 0.3) is 5.91 Å². The molecule has 3 unspecified atom stereocenters. The molecule has 3 aromatic rings. The number of nitriles is 1. The van der Waals surface area contributed by atoms with E-state index in [9.17, 15) is 28.4 Å². The number of nitrogens with zero attached hydrogens (tertiary/aromatic N) is 2. The Hall–Kier alpha value is -5.11. The number of carbonyl (C=O) groups is 4. The van der Waals surface area contributed by atoms with Gasteiger partial charge in [0.2, 0.25) is 18.2 Å². The summed E-state index contributed by atoms with van der Waals surface area (Å²) in [5, 5.41) is 17.2. The molecule has 0 bridgehead atoms. The van der Waals surface area contributed by atoms with Crippen LogP contribution < -0.4 is 16.0 Å². The average molecular weight is 650 g/mol. The summed E-state index contributed by atoms with van der Waals surface area (Å²) >= 11 is 0. The summed E-state index contributed by atoms with van der Waals surface area (Å²) in [7, 11) is 1.56. The molecule has 252 valence electrons. The van der Waals surface area contributed by atoms with Crippen molar-refractivity contribution in [1.29, 1.82) is 5.26 Å². The second-order valence-electron chi connectivity index (χ2n) is 11.5. The van der Waals surface area contributed by atoms with Crippen molar-refractivity contribution in [3.05, 3.63) is 102 Å². The van der Waals surface area contributed by atoms with Crippen LogP contribution >= 0.6 is 0 Å². The predicted molar refractivity (Wildman–Crippen MR) is 179 cm³/mol. The highest BCUT2D eigenvalue weighted by Gasteiger charge is 2.39. The molecule has 9 nitrogen and oxygen atoms in total. The third-order valence-electron chi connectivity index (χ3n) is 6.28. The van der Waals surface area contributed by atoms with E-state index in [1.165, 1.54) is 41.3 Å². The van der Waals surface area contributed by atoms with Crippen molar-refractivity contribution in [2.24, 2.45) is 11.8 Å². The predicted octanol–water partition coefficient (Wildman–Crippen LogP) is 5.87. The molecule has 11 heteroatoms. The lowest BCUT2D eigenvalue weighted by atomic mass is 10.1. The molecular formula is C36H45F2N5O4. The molecule has 3 N–H and O–H groups in total. The summed E-state index contributed by atoms with van der Waals surface area (Å²) < 4.78 is 25.1. The number of carbonyl (C=O) groups excluding carboxylic acids is 4. The third kappa shape index (κ3) is 16.1. The Balaban J connectivity index is 0.000000566. The number of likely N-dealkylation sites (tertiary alicyclic amines) is 1. The number of amides is 4. The van der Waals surface area contributed by atoms with Crippen LogP contribution in [-0.4, -0.2) is 54.7 Å². The van der Waals surface area contributed by atoms with Gasteiger partial charge in [-0.15, -0.1) is 0 Å². The Labute approximate surface area is 276 Å². The zero-order valence-corrected chi connectivity index (χ0v) is 27.8. The molecular weight excluding hydrogens is 604 g/mol. The quantitative estimate of drug-likeness (QED) is 0.276. The lowest BCUT2D eigenvalue weighted by molar-refractivity contribution is -0.131. The van der Waals surface area contributed by atoms with Gasteiger partial charge in [0.05, 0.1) is 12.0 Å². The zero-order chi connectivity index (χ0) is 35.4. The molecule has 1 heterocycles. The summed E-state index contributed by atoms with van der Waals surface area (Å²) in [6.07, 6.45) is 0.870. The molecule has 3 atom stereocenters. The number of para-hydroxylation sites is 1. The monoisotopic (exact) mass is 649 g/mol. The minimum atomic E-state index is -0.695. The van der Waals surface area contributed by atoms with Crippen molar-refractivity contribution in [2.75, 3.05) is 18.9 Å². The molecule has 1 aliphatic rings. The van der Waals surface area contributed by atoms with Crippen molar-refractivity contribution >= 4 is 29.8 Å². The number of anilines is 1. The lowest BCUT2D eigenvalue weighted by Crippen LogP contribution is -2.41. The van der Waals surface area contributed by atoms with E-state index in [1.54, 1.807) is 50.4 Å². The molecule has 1 fully saturated rings. The molecule has 0 aliphatic carbocycles. The van der Waals surface area contributed by atoms with E-state index in [1.807, 2.05) is 13.0 Å². The van der Waals surface area contributed by atoms with Crippen LogP contribution in [0.3, 0.4) is 0 Å². The largest absolute Gasteiger partial charge is 0.362 e. The molecule has 1 aliphatic heterocycles. The molecule has 0 aromatic heterocycles. The first kappa shape index (κ1) is 39.9. The first-order valence-electron chi connectivity index (χ1n) is 15.3. The fourth-order valence-electron chi connectivity index (χ4n) is 4.06. The van der Waals surface area contributed by atoms with Crippen LogP contribution in [0.1, 0.15) is 56.5 Å². The number of rotatable bonds is 7. The van der Waals surface area contributed by atoms with Gasteiger partial charge in [-0.1, -0.05) is 56.7 Å².